The molecule has 1 N–H and O–H groups in total. The summed E-state index contributed by atoms with van der Waals surface area (Å²) in [7, 11) is 0. The Morgan fingerprint density at radius 1 is 1.32 bits per heavy atom. The third-order valence-electron chi connectivity index (χ3n) is 4.93. The average Bonchev–Trinajstić information content (AvgIpc) is 3.14. The number of pyridine rings is 1. The van der Waals surface area contributed by atoms with E-state index in [1.165, 1.54) is 30.0 Å². The van der Waals surface area contributed by atoms with E-state index < -0.39 is 5.95 Å². The summed E-state index contributed by atoms with van der Waals surface area (Å²) in [5.74, 6) is 0.577. The molecule has 1 saturated carbocycles. The molecule has 0 radical (unpaired) electrons. The summed E-state index contributed by atoms with van der Waals surface area (Å²) in [6, 6.07) is 6.56. The lowest BCUT2D eigenvalue weighted by Crippen LogP contribution is -2.17. The van der Waals surface area contributed by atoms with Crippen LogP contribution in [0, 0.1) is 5.95 Å². The van der Waals surface area contributed by atoms with Crippen molar-refractivity contribution in [1.82, 2.24) is 19.5 Å². The van der Waals surface area contributed by atoms with Gasteiger partial charge in [0.25, 0.3) is 5.91 Å². The standard InChI is InChI=1S/C22H18FN5O2S/c23-19-10-14(7-8-24-19)11-28-9-1-2-18(28)21(29)27-22-26-16(12-31-22)5-6-17-20(15-3-4-15)30-13-25-17/h1-2,5-10,12-13,15H,3-4,11H2,(H,26,27,29). The zero-order valence-corrected chi connectivity index (χ0v) is 17.2. The highest BCUT2D eigenvalue weighted by atomic mass is 32.1. The van der Waals surface area contributed by atoms with Gasteiger partial charge in [0.2, 0.25) is 5.95 Å². The molecule has 156 valence electrons. The zero-order valence-electron chi connectivity index (χ0n) is 16.4. The van der Waals surface area contributed by atoms with E-state index in [2.05, 4.69) is 20.3 Å². The predicted octanol–water partition coefficient (Wildman–Crippen LogP) is 4.82. The molecule has 4 aromatic rings. The Balaban J connectivity index is 1.26. The summed E-state index contributed by atoms with van der Waals surface area (Å²) < 4.78 is 20.6. The third-order valence-corrected chi connectivity index (χ3v) is 5.71. The van der Waals surface area contributed by atoms with Gasteiger partial charge in [-0.25, -0.2) is 15.0 Å². The number of hydrogen-bond donors (Lipinski definition) is 1. The van der Waals surface area contributed by atoms with Crippen molar-refractivity contribution >= 4 is 34.5 Å². The SMILES string of the molecule is O=C(Nc1nc(C=Cc2ncoc2C2CC2)cs1)c1cccn1Cc1ccnc(F)c1. The molecule has 4 heterocycles. The molecule has 0 aliphatic heterocycles. The number of rotatable bonds is 7. The van der Waals surface area contributed by atoms with E-state index in [0.717, 1.165) is 35.6 Å². The summed E-state index contributed by atoms with van der Waals surface area (Å²) >= 11 is 1.34. The van der Waals surface area contributed by atoms with Crippen LogP contribution in [0.15, 0.2) is 52.9 Å². The average molecular weight is 435 g/mol. The number of anilines is 1. The number of oxazole rings is 1. The van der Waals surface area contributed by atoms with E-state index >= 15 is 0 Å². The van der Waals surface area contributed by atoms with Crippen LogP contribution in [-0.2, 0) is 6.54 Å². The summed E-state index contributed by atoms with van der Waals surface area (Å²) in [6.07, 6.45) is 10.7. The van der Waals surface area contributed by atoms with Gasteiger partial charge in [0.1, 0.15) is 17.1 Å². The van der Waals surface area contributed by atoms with Crippen LogP contribution >= 0.6 is 11.3 Å². The van der Waals surface area contributed by atoms with Crippen LogP contribution in [0.5, 0.6) is 0 Å². The molecule has 1 fully saturated rings. The van der Waals surface area contributed by atoms with Crippen molar-refractivity contribution in [2.45, 2.75) is 25.3 Å². The Morgan fingerprint density at radius 2 is 2.23 bits per heavy atom. The molecule has 0 saturated heterocycles. The minimum absolute atomic E-state index is 0.281. The van der Waals surface area contributed by atoms with E-state index in [-0.39, 0.29) is 5.91 Å². The maximum Gasteiger partial charge on any atom is 0.274 e. The minimum Gasteiger partial charge on any atom is -0.448 e. The highest BCUT2D eigenvalue weighted by Gasteiger charge is 2.29. The first kappa shape index (κ1) is 19.4. The minimum atomic E-state index is -0.547. The zero-order chi connectivity index (χ0) is 21.2. The van der Waals surface area contributed by atoms with E-state index in [1.54, 1.807) is 29.0 Å². The first-order valence-electron chi connectivity index (χ1n) is 9.79. The molecule has 31 heavy (non-hydrogen) atoms. The molecule has 7 nitrogen and oxygen atoms in total. The molecule has 0 spiro atoms. The maximum atomic E-state index is 13.3. The molecule has 1 amide bonds. The van der Waals surface area contributed by atoms with Crippen molar-refractivity contribution in [1.29, 1.82) is 0 Å². The molecule has 0 bridgehead atoms. The van der Waals surface area contributed by atoms with Crippen LogP contribution in [0.4, 0.5) is 9.52 Å². The van der Waals surface area contributed by atoms with E-state index in [9.17, 15) is 9.18 Å². The number of amides is 1. The normalized spacial score (nSPS) is 13.7. The van der Waals surface area contributed by atoms with Crippen molar-refractivity contribution < 1.29 is 13.6 Å². The second-order valence-corrected chi connectivity index (χ2v) is 8.11. The summed E-state index contributed by atoms with van der Waals surface area (Å²) in [4.78, 5) is 25.0. The predicted molar refractivity (Wildman–Crippen MR) is 115 cm³/mol. The lowest BCUT2D eigenvalue weighted by atomic mass is 10.2. The highest BCUT2D eigenvalue weighted by molar-refractivity contribution is 7.14. The quantitative estimate of drug-likeness (QED) is 0.421. The number of hydrogen-bond acceptors (Lipinski definition) is 6. The van der Waals surface area contributed by atoms with Gasteiger partial charge in [0.05, 0.1) is 5.69 Å². The number of nitrogens with zero attached hydrogens (tertiary/aromatic N) is 4. The molecule has 0 atom stereocenters. The Kier molecular flexibility index (Phi) is 5.17. The third kappa shape index (κ3) is 4.46. The summed E-state index contributed by atoms with van der Waals surface area (Å²) in [5.41, 5.74) is 2.73. The number of aromatic nitrogens is 4. The number of carbonyl (C=O) groups excluding carboxylic acids is 1. The van der Waals surface area contributed by atoms with Gasteiger partial charge in [-0.3, -0.25) is 10.1 Å². The van der Waals surface area contributed by atoms with Crippen molar-refractivity contribution in [2.75, 3.05) is 5.32 Å². The molecular weight excluding hydrogens is 417 g/mol. The fraction of sp³-hybridized carbons (Fsp3) is 0.182. The van der Waals surface area contributed by atoms with Gasteiger partial charge >= 0.3 is 0 Å². The van der Waals surface area contributed by atoms with Gasteiger partial charge in [-0.05, 0) is 54.8 Å². The Bertz CT molecular complexity index is 1250. The molecule has 5 rings (SSSR count). The molecular formula is C22H18FN5O2S. The van der Waals surface area contributed by atoms with Gasteiger partial charge in [-0.1, -0.05) is 0 Å². The summed E-state index contributed by atoms with van der Waals surface area (Å²) in [6.45, 7) is 0.363. The highest BCUT2D eigenvalue weighted by Crippen LogP contribution is 2.41. The van der Waals surface area contributed by atoms with E-state index in [0.29, 0.717) is 23.3 Å². The topological polar surface area (TPSA) is 85.8 Å². The molecule has 4 aromatic heterocycles. The maximum absolute atomic E-state index is 13.3. The lowest BCUT2D eigenvalue weighted by Gasteiger charge is -2.09. The van der Waals surface area contributed by atoms with Crippen LogP contribution in [0.3, 0.4) is 0 Å². The number of carbonyl (C=O) groups is 1. The first-order valence-corrected chi connectivity index (χ1v) is 10.7. The fourth-order valence-corrected chi connectivity index (χ4v) is 3.95. The Hall–Kier alpha value is -3.59. The van der Waals surface area contributed by atoms with Crippen molar-refractivity contribution in [3.05, 3.63) is 82.8 Å². The largest absolute Gasteiger partial charge is 0.448 e. The van der Waals surface area contributed by atoms with Gasteiger partial charge in [-0.15, -0.1) is 11.3 Å². The molecule has 1 aliphatic carbocycles. The smallest absolute Gasteiger partial charge is 0.274 e. The summed E-state index contributed by atoms with van der Waals surface area (Å²) in [5, 5.41) is 5.19. The van der Waals surface area contributed by atoms with Crippen LogP contribution in [0.1, 0.15) is 52.0 Å². The number of nitrogens with one attached hydrogen (secondary N) is 1. The molecule has 1 aliphatic rings. The molecule has 0 unspecified atom stereocenters. The number of halogens is 1. The van der Waals surface area contributed by atoms with Gasteiger partial charge in [0, 0.05) is 30.2 Å². The van der Waals surface area contributed by atoms with Gasteiger partial charge < -0.3 is 8.98 Å². The van der Waals surface area contributed by atoms with Gasteiger partial charge in [0.15, 0.2) is 11.5 Å². The van der Waals surface area contributed by atoms with Crippen molar-refractivity contribution in [3.8, 4) is 0 Å². The first-order chi connectivity index (χ1) is 15.2. The molecule has 9 heteroatoms. The van der Waals surface area contributed by atoms with E-state index in [1.807, 2.05) is 17.5 Å². The second-order valence-electron chi connectivity index (χ2n) is 7.25. The van der Waals surface area contributed by atoms with Crippen molar-refractivity contribution in [2.24, 2.45) is 0 Å². The van der Waals surface area contributed by atoms with Crippen LogP contribution in [-0.4, -0.2) is 25.4 Å². The van der Waals surface area contributed by atoms with Crippen LogP contribution < -0.4 is 5.32 Å². The fourth-order valence-electron chi connectivity index (χ4n) is 3.28. The van der Waals surface area contributed by atoms with Crippen LogP contribution in [0.25, 0.3) is 12.2 Å². The van der Waals surface area contributed by atoms with Crippen molar-refractivity contribution in [3.63, 3.8) is 0 Å². The van der Waals surface area contributed by atoms with E-state index in [4.69, 9.17) is 4.42 Å². The second kappa shape index (κ2) is 8.27. The monoisotopic (exact) mass is 435 g/mol. The lowest BCUT2D eigenvalue weighted by molar-refractivity contribution is 0.101. The Labute approximate surface area is 181 Å². The number of thiazole rings is 1. The van der Waals surface area contributed by atoms with Crippen LogP contribution in [0.2, 0.25) is 0 Å². The Morgan fingerprint density at radius 3 is 3.06 bits per heavy atom. The van der Waals surface area contributed by atoms with Gasteiger partial charge in [-0.2, -0.15) is 4.39 Å². The molecule has 0 aromatic carbocycles.